The van der Waals surface area contributed by atoms with Crippen LogP contribution in [0.4, 0.5) is 8.78 Å². The van der Waals surface area contributed by atoms with Gasteiger partial charge in [0.1, 0.15) is 5.75 Å². The molecule has 0 bridgehead atoms. The summed E-state index contributed by atoms with van der Waals surface area (Å²) in [5.74, 6) is -1.71. The van der Waals surface area contributed by atoms with Crippen LogP contribution in [0.15, 0.2) is 40.9 Å². The van der Waals surface area contributed by atoms with E-state index in [9.17, 15) is 8.78 Å². The van der Waals surface area contributed by atoms with Gasteiger partial charge in [-0.25, -0.2) is 4.39 Å². The van der Waals surface area contributed by atoms with Crippen LogP contribution in [0, 0.1) is 11.6 Å². The van der Waals surface area contributed by atoms with Crippen LogP contribution < -0.4 is 10.5 Å². The molecule has 0 heterocycles. The third-order valence-corrected chi connectivity index (χ3v) is 3.39. The number of halogens is 3. The van der Waals surface area contributed by atoms with Gasteiger partial charge in [0.15, 0.2) is 11.6 Å². The molecule has 2 aromatic carbocycles. The van der Waals surface area contributed by atoms with E-state index >= 15 is 0 Å². The Balaban J connectivity index is 2.22. The molecule has 1 unspecified atom stereocenters. The number of rotatable bonds is 4. The van der Waals surface area contributed by atoms with Crippen LogP contribution >= 0.6 is 15.9 Å². The molecule has 0 aliphatic heterocycles. The highest BCUT2D eigenvalue weighted by molar-refractivity contribution is 9.10. The molecule has 0 radical (unpaired) electrons. The summed E-state index contributed by atoms with van der Waals surface area (Å²) in [5, 5.41) is 0. The summed E-state index contributed by atoms with van der Waals surface area (Å²) in [6.07, 6.45) is 0.825. The van der Waals surface area contributed by atoms with E-state index in [0.717, 1.165) is 18.1 Å². The lowest BCUT2D eigenvalue weighted by Gasteiger charge is -2.11. The Hall–Kier alpha value is -1.46. The monoisotopic (exact) mass is 341 g/mol. The van der Waals surface area contributed by atoms with Crippen molar-refractivity contribution in [3.05, 3.63) is 58.1 Å². The molecular formula is C15H14BrF2NO. The summed E-state index contributed by atoms with van der Waals surface area (Å²) < 4.78 is 32.6. The van der Waals surface area contributed by atoms with Crippen LogP contribution in [-0.4, -0.2) is 0 Å². The van der Waals surface area contributed by atoms with Gasteiger partial charge in [0.2, 0.25) is 5.82 Å². The molecule has 2 rings (SSSR count). The lowest BCUT2D eigenvalue weighted by Crippen LogP contribution is -2.08. The average molecular weight is 342 g/mol. The summed E-state index contributed by atoms with van der Waals surface area (Å²) in [7, 11) is 0. The van der Waals surface area contributed by atoms with Crippen molar-refractivity contribution < 1.29 is 13.5 Å². The highest BCUT2D eigenvalue weighted by Gasteiger charge is 2.12. The maximum Gasteiger partial charge on any atom is 0.201 e. The molecule has 0 spiro atoms. The Morgan fingerprint density at radius 2 is 1.85 bits per heavy atom. The van der Waals surface area contributed by atoms with Gasteiger partial charge < -0.3 is 10.5 Å². The van der Waals surface area contributed by atoms with E-state index in [-0.39, 0.29) is 11.8 Å². The average Bonchev–Trinajstić information content (AvgIpc) is 2.44. The summed E-state index contributed by atoms with van der Waals surface area (Å²) in [5.41, 5.74) is 6.88. The number of hydrogen-bond donors (Lipinski definition) is 1. The Bertz CT molecular complexity index is 602. The molecule has 0 aliphatic carbocycles. The van der Waals surface area contributed by atoms with Gasteiger partial charge in [0.05, 0.1) is 0 Å². The Morgan fingerprint density at radius 1 is 1.20 bits per heavy atom. The molecule has 0 aliphatic rings. The first-order valence-electron chi connectivity index (χ1n) is 6.19. The van der Waals surface area contributed by atoms with Gasteiger partial charge >= 0.3 is 0 Å². The van der Waals surface area contributed by atoms with E-state index in [1.807, 2.05) is 19.1 Å². The van der Waals surface area contributed by atoms with Crippen molar-refractivity contribution in [3.8, 4) is 11.5 Å². The smallest absolute Gasteiger partial charge is 0.201 e. The first-order chi connectivity index (χ1) is 9.51. The fraction of sp³-hybridized carbons (Fsp3) is 0.200. The summed E-state index contributed by atoms with van der Waals surface area (Å²) in [4.78, 5) is 0. The third-order valence-electron chi connectivity index (χ3n) is 2.94. The van der Waals surface area contributed by atoms with E-state index in [1.165, 1.54) is 6.07 Å². The second-order valence-electron chi connectivity index (χ2n) is 4.39. The SMILES string of the molecule is CCC(N)c1ccc(Oc2cc(Br)cc(F)c2F)cc1. The molecule has 0 saturated carbocycles. The van der Waals surface area contributed by atoms with Gasteiger partial charge in [0.25, 0.3) is 0 Å². The Morgan fingerprint density at radius 3 is 2.45 bits per heavy atom. The first kappa shape index (κ1) is 14.9. The minimum atomic E-state index is -1.01. The van der Waals surface area contributed by atoms with E-state index in [2.05, 4.69) is 15.9 Å². The maximum atomic E-state index is 13.6. The van der Waals surface area contributed by atoms with Gasteiger partial charge in [-0.1, -0.05) is 35.0 Å². The molecule has 20 heavy (non-hydrogen) atoms. The topological polar surface area (TPSA) is 35.2 Å². The van der Waals surface area contributed by atoms with Crippen LogP contribution in [0.5, 0.6) is 11.5 Å². The van der Waals surface area contributed by atoms with Crippen molar-refractivity contribution in [2.24, 2.45) is 5.73 Å². The minimum Gasteiger partial charge on any atom is -0.454 e. The second kappa shape index (κ2) is 6.33. The number of ether oxygens (including phenoxy) is 1. The van der Waals surface area contributed by atoms with E-state index in [4.69, 9.17) is 10.5 Å². The number of hydrogen-bond acceptors (Lipinski definition) is 2. The zero-order chi connectivity index (χ0) is 14.7. The third kappa shape index (κ3) is 3.35. The van der Waals surface area contributed by atoms with Gasteiger partial charge in [-0.3, -0.25) is 0 Å². The van der Waals surface area contributed by atoms with Crippen LogP contribution in [0.1, 0.15) is 24.9 Å². The van der Waals surface area contributed by atoms with Gasteiger partial charge in [0, 0.05) is 10.5 Å². The predicted molar refractivity (Wildman–Crippen MR) is 77.8 cm³/mol. The van der Waals surface area contributed by atoms with E-state index in [1.54, 1.807) is 12.1 Å². The Kier molecular flexibility index (Phi) is 4.73. The van der Waals surface area contributed by atoms with Crippen LogP contribution in [0.3, 0.4) is 0 Å². The molecule has 2 aromatic rings. The van der Waals surface area contributed by atoms with Crippen molar-refractivity contribution in [2.75, 3.05) is 0 Å². The fourth-order valence-electron chi connectivity index (χ4n) is 1.75. The quantitative estimate of drug-likeness (QED) is 0.800. The molecule has 0 aromatic heterocycles. The fourth-order valence-corrected chi connectivity index (χ4v) is 2.16. The van der Waals surface area contributed by atoms with Crippen molar-refractivity contribution >= 4 is 15.9 Å². The molecule has 0 amide bonds. The molecule has 5 heteroatoms. The van der Waals surface area contributed by atoms with Gasteiger partial charge in [-0.15, -0.1) is 0 Å². The summed E-state index contributed by atoms with van der Waals surface area (Å²) >= 11 is 3.10. The van der Waals surface area contributed by atoms with Crippen molar-refractivity contribution in [1.82, 2.24) is 0 Å². The first-order valence-corrected chi connectivity index (χ1v) is 6.98. The van der Waals surface area contributed by atoms with E-state index < -0.39 is 11.6 Å². The highest BCUT2D eigenvalue weighted by Crippen LogP contribution is 2.30. The van der Waals surface area contributed by atoms with Gasteiger partial charge in [-0.2, -0.15) is 4.39 Å². The van der Waals surface area contributed by atoms with Crippen LogP contribution in [0.25, 0.3) is 0 Å². The Labute approximate surface area is 124 Å². The van der Waals surface area contributed by atoms with Crippen molar-refractivity contribution in [1.29, 1.82) is 0 Å². The minimum absolute atomic E-state index is 0.0379. The second-order valence-corrected chi connectivity index (χ2v) is 5.30. The summed E-state index contributed by atoms with van der Waals surface area (Å²) in [6, 6.07) is 9.39. The van der Waals surface area contributed by atoms with Crippen molar-refractivity contribution in [2.45, 2.75) is 19.4 Å². The van der Waals surface area contributed by atoms with Crippen molar-refractivity contribution in [3.63, 3.8) is 0 Å². The lowest BCUT2D eigenvalue weighted by molar-refractivity contribution is 0.415. The molecule has 1 atom stereocenters. The molecule has 2 N–H and O–H groups in total. The molecule has 106 valence electrons. The zero-order valence-corrected chi connectivity index (χ0v) is 12.5. The van der Waals surface area contributed by atoms with Gasteiger partial charge in [-0.05, 0) is 36.2 Å². The number of nitrogens with two attached hydrogens (primary N) is 1. The van der Waals surface area contributed by atoms with Crippen LogP contribution in [0.2, 0.25) is 0 Å². The number of benzene rings is 2. The molecule has 0 saturated heterocycles. The maximum absolute atomic E-state index is 13.6. The largest absolute Gasteiger partial charge is 0.454 e. The normalized spacial score (nSPS) is 12.2. The molecule has 2 nitrogen and oxygen atoms in total. The molecule has 0 fully saturated rings. The van der Waals surface area contributed by atoms with Crippen LogP contribution in [-0.2, 0) is 0 Å². The highest BCUT2D eigenvalue weighted by atomic mass is 79.9. The summed E-state index contributed by atoms with van der Waals surface area (Å²) in [6.45, 7) is 1.99. The predicted octanol–water partition coefficient (Wildman–Crippen LogP) is 4.93. The van der Waals surface area contributed by atoms with E-state index in [0.29, 0.717) is 10.2 Å². The molecular weight excluding hydrogens is 328 g/mol. The standard InChI is InChI=1S/C15H14BrF2NO/c1-2-13(19)9-3-5-11(6-4-9)20-14-8-10(16)7-12(17)15(14)18/h3-8,13H,2,19H2,1H3. The lowest BCUT2D eigenvalue weighted by atomic mass is 10.1. The zero-order valence-electron chi connectivity index (χ0n) is 10.9.